The van der Waals surface area contributed by atoms with E-state index in [0.29, 0.717) is 6.42 Å². The van der Waals surface area contributed by atoms with E-state index in [2.05, 4.69) is 5.32 Å². The highest BCUT2D eigenvalue weighted by Crippen LogP contribution is 2.58. The van der Waals surface area contributed by atoms with E-state index in [1.54, 1.807) is 0 Å². The molecular formula is C22H26FNO6S. The highest BCUT2D eigenvalue weighted by atomic mass is 32.2. The van der Waals surface area contributed by atoms with Crippen molar-refractivity contribution < 1.29 is 33.4 Å². The molecule has 3 aliphatic rings. The maximum absolute atomic E-state index is 14.0. The number of aliphatic hydroxyl groups is 1. The van der Waals surface area contributed by atoms with E-state index in [0.717, 1.165) is 12.8 Å². The fraction of sp³-hybridized carbons (Fsp3) is 0.591. The van der Waals surface area contributed by atoms with Crippen molar-refractivity contribution in [2.75, 3.05) is 12.9 Å². The summed E-state index contributed by atoms with van der Waals surface area (Å²) in [5.41, 5.74) is -1.34. The lowest BCUT2D eigenvalue weighted by molar-refractivity contribution is -0.145. The quantitative estimate of drug-likeness (QED) is 0.637. The van der Waals surface area contributed by atoms with Crippen molar-refractivity contribution in [1.29, 1.82) is 0 Å². The summed E-state index contributed by atoms with van der Waals surface area (Å²) in [7, 11) is 1.21. The Labute approximate surface area is 184 Å². The molecule has 0 radical (unpaired) electrons. The van der Waals surface area contributed by atoms with Crippen LogP contribution in [0.15, 0.2) is 24.3 Å². The number of ether oxygens (including phenoxy) is 2. The van der Waals surface area contributed by atoms with Gasteiger partial charge in [0, 0.05) is 11.0 Å². The van der Waals surface area contributed by atoms with Crippen LogP contribution in [0.4, 0.5) is 4.39 Å². The summed E-state index contributed by atoms with van der Waals surface area (Å²) in [6, 6.07) is 4.48. The van der Waals surface area contributed by atoms with Gasteiger partial charge in [-0.3, -0.25) is 9.59 Å². The third-order valence-corrected chi connectivity index (χ3v) is 8.52. The Morgan fingerprint density at radius 3 is 2.84 bits per heavy atom. The number of rotatable bonds is 6. The molecule has 0 spiro atoms. The minimum atomic E-state index is -1.17. The molecule has 2 N–H and O–H groups in total. The van der Waals surface area contributed by atoms with Gasteiger partial charge in [0.05, 0.1) is 12.7 Å². The molecule has 3 fully saturated rings. The summed E-state index contributed by atoms with van der Waals surface area (Å²) in [5.74, 6) is -2.87. The van der Waals surface area contributed by atoms with Crippen LogP contribution in [0.3, 0.4) is 0 Å². The molecule has 7 atom stereocenters. The van der Waals surface area contributed by atoms with Crippen molar-refractivity contribution in [1.82, 2.24) is 5.32 Å². The van der Waals surface area contributed by atoms with Gasteiger partial charge in [0.2, 0.25) is 0 Å². The Morgan fingerprint density at radius 1 is 1.39 bits per heavy atom. The second-order valence-electron chi connectivity index (χ2n) is 8.60. The molecule has 4 rings (SSSR count). The number of benzene rings is 1. The van der Waals surface area contributed by atoms with Crippen LogP contribution in [0.25, 0.3) is 0 Å². The van der Waals surface area contributed by atoms with Crippen molar-refractivity contribution in [3.63, 3.8) is 0 Å². The predicted octanol–water partition coefficient (Wildman–Crippen LogP) is 1.92. The van der Waals surface area contributed by atoms with Crippen molar-refractivity contribution in [2.45, 2.75) is 49.2 Å². The lowest BCUT2D eigenvalue weighted by Crippen LogP contribution is -2.56. The monoisotopic (exact) mass is 451 g/mol. The highest BCUT2D eigenvalue weighted by molar-refractivity contribution is 8.00. The fourth-order valence-electron chi connectivity index (χ4n) is 5.36. The highest BCUT2D eigenvalue weighted by Gasteiger charge is 2.68. The average Bonchev–Trinajstić information content (AvgIpc) is 3.19. The molecule has 0 aromatic heterocycles. The van der Waals surface area contributed by atoms with Gasteiger partial charge in [-0.1, -0.05) is 19.1 Å². The van der Waals surface area contributed by atoms with Gasteiger partial charge in [0.15, 0.2) is 0 Å². The number of hydrogen-bond donors (Lipinski definition) is 2. The number of nitrogens with one attached hydrogen (secondary N) is 1. The Kier molecular flexibility index (Phi) is 6.00. The number of amides is 1. The third kappa shape index (κ3) is 3.71. The van der Waals surface area contributed by atoms with Crippen LogP contribution in [0.5, 0.6) is 0 Å². The maximum Gasteiger partial charge on any atom is 0.329 e. The molecule has 168 valence electrons. The summed E-state index contributed by atoms with van der Waals surface area (Å²) < 4.78 is 24.3. The van der Waals surface area contributed by atoms with E-state index >= 15 is 0 Å². The molecule has 7 unspecified atom stereocenters. The first kappa shape index (κ1) is 22.1. The predicted molar refractivity (Wildman–Crippen MR) is 111 cm³/mol. The number of thioether (sulfide) groups is 1. The summed E-state index contributed by atoms with van der Waals surface area (Å²) in [6.45, 7) is 2.03. The smallest absolute Gasteiger partial charge is 0.329 e. The second kappa shape index (κ2) is 8.43. The molecule has 1 aromatic rings. The normalized spacial score (nSPS) is 34.6. The van der Waals surface area contributed by atoms with Crippen molar-refractivity contribution in [3.8, 4) is 0 Å². The molecule has 2 saturated carbocycles. The molecule has 1 saturated heterocycles. The van der Waals surface area contributed by atoms with Gasteiger partial charge in [-0.05, 0) is 43.2 Å². The van der Waals surface area contributed by atoms with Gasteiger partial charge in [0.25, 0.3) is 5.91 Å². The second-order valence-corrected chi connectivity index (χ2v) is 9.82. The van der Waals surface area contributed by atoms with Gasteiger partial charge in [-0.15, -0.1) is 0 Å². The largest absolute Gasteiger partial charge is 0.467 e. The van der Waals surface area contributed by atoms with Crippen LogP contribution in [0, 0.1) is 23.6 Å². The molecule has 0 bridgehead atoms. The summed E-state index contributed by atoms with van der Waals surface area (Å²) >= 11 is 1.34. The van der Waals surface area contributed by atoms with E-state index in [-0.39, 0.29) is 28.4 Å². The first-order valence-electron chi connectivity index (χ1n) is 10.4. The number of halogens is 1. The van der Waals surface area contributed by atoms with Gasteiger partial charge in [-0.2, -0.15) is 11.8 Å². The number of carbonyl (C=O) groups excluding carboxylic acids is 3. The molecule has 7 nitrogen and oxygen atoms in total. The van der Waals surface area contributed by atoms with Crippen molar-refractivity contribution in [2.24, 2.45) is 17.8 Å². The zero-order chi connectivity index (χ0) is 22.3. The molecule has 2 aliphatic carbocycles. The van der Waals surface area contributed by atoms with Crippen LogP contribution in [0.2, 0.25) is 0 Å². The summed E-state index contributed by atoms with van der Waals surface area (Å²) in [6.07, 6.45) is 1.79. The van der Waals surface area contributed by atoms with E-state index in [9.17, 15) is 23.9 Å². The fourth-order valence-corrected chi connectivity index (χ4v) is 6.96. The van der Waals surface area contributed by atoms with Gasteiger partial charge >= 0.3 is 11.9 Å². The molecule has 31 heavy (non-hydrogen) atoms. The van der Waals surface area contributed by atoms with Gasteiger partial charge in [0.1, 0.15) is 29.5 Å². The Hall–Kier alpha value is -2.13. The van der Waals surface area contributed by atoms with Crippen LogP contribution in [0.1, 0.15) is 36.5 Å². The Morgan fingerprint density at radius 2 is 2.13 bits per heavy atom. The van der Waals surface area contributed by atoms with Crippen LogP contribution < -0.4 is 5.32 Å². The van der Waals surface area contributed by atoms with Gasteiger partial charge < -0.3 is 19.9 Å². The lowest BCUT2D eigenvalue weighted by atomic mass is 9.66. The van der Waals surface area contributed by atoms with Crippen LogP contribution >= 0.6 is 11.8 Å². The standard InChI is InChI=1S/C22H26FNO6S/c1-11-9-12-7-8-16-22(12,28)17(21(27)30-16)18(11)31-10-15(20(26)29-2)24-19(25)13-5-3-4-6-14(13)23/h3-6,11-12,15-18,28H,7-10H2,1-2H3,(H,24,25). The molecule has 1 aliphatic heterocycles. The van der Waals surface area contributed by atoms with Crippen LogP contribution in [-0.2, 0) is 19.1 Å². The van der Waals surface area contributed by atoms with Crippen LogP contribution in [-0.4, -0.2) is 58.8 Å². The minimum Gasteiger partial charge on any atom is -0.467 e. The molecule has 1 aromatic carbocycles. The average molecular weight is 452 g/mol. The van der Waals surface area contributed by atoms with E-state index in [1.165, 1.54) is 43.1 Å². The lowest BCUT2D eigenvalue weighted by Gasteiger charge is -2.44. The van der Waals surface area contributed by atoms with E-state index in [4.69, 9.17) is 9.47 Å². The number of methoxy groups -OCH3 is 1. The summed E-state index contributed by atoms with van der Waals surface area (Å²) in [4.78, 5) is 37.4. The first-order chi connectivity index (χ1) is 14.8. The minimum absolute atomic E-state index is 0.0259. The van der Waals surface area contributed by atoms with E-state index < -0.39 is 47.3 Å². The molecular weight excluding hydrogens is 425 g/mol. The first-order valence-corrected chi connectivity index (χ1v) is 11.5. The number of esters is 2. The molecule has 1 amide bonds. The maximum atomic E-state index is 14.0. The Balaban J connectivity index is 1.49. The third-order valence-electron chi connectivity index (χ3n) is 6.87. The molecule has 9 heteroatoms. The molecule has 1 heterocycles. The summed E-state index contributed by atoms with van der Waals surface area (Å²) in [5, 5.41) is 13.6. The zero-order valence-electron chi connectivity index (χ0n) is 17.4. The van der Waals surface area contributed by atoms with Crippen molar-refractivity contribution >= 4 is 29.6 Å². The number of carbonyl (C=O) groups is 3. The van der Waals surface area contributed by atoms with Gasteiger partial charge in [-0.25, -0.2) is 9.18 Å². The SMILES string of the molecule is COC(=O)C(CSC1C(C)CC2CCC3OC(=O)C1C23O)NC(=O)c1ccccc1F. The topological polar surface area (TPSA) is 102 Å². The number of hydrogen-bond acceptors (Lipinski definition) is 7. The van der Waals surface area contributed by atoms with Crippen molar-refractivity contribution in [3.05, 3.63) is 35.6 Å². The Bertz CT molecular complexity index is 897. The van der Waals surface area contributed by atoms with E-state index in [1.807, 2.05) is 6.92 Å². The zero-order valence-corrected chi connectivity index (χ0v) is 18.2.